The summed E-state index contributed by atoms with van der Waals surface area (Å²) in [4.78, 5) is 15.2. The maximum atomic E-state index is 11.9. The lowest BCUT2D eigenvalue weighted by Crippen LogP contribution is -2.29. The van der Waals surface area contributed by atoms with E-state index in [1.54, 1.807) is 0 Å². The molecule has 0 fully saturated rings. The van der Waals surface area contributed by atoms with Gasteiger partial charge in [0.15, 0.2) is 0 Å². The number of aromatic amines is 1. The second-order valence-electron chi connectivity index (χ2n) is 6.01. The van der Waals surface area contributed by atoms with Crippen molar-refractivity contribution < 1.29 is 4.79 Å². The highest BCUT2D eigenvalue weighted by Crippen LogP contribution is 2.17. The summed E-state index contributed by atoms with van der Waals surface area (Å²) in [6.45, 7) is 2.04. The molecule has 0 saturated heterocycles. The van der Waals surface area contributed by atoms with Crippen LogP contribution in [0.5, 0.6) is 0 Å². The first-order chi connectivity index (χ1) is 12.2. The number of fused-ring (bicyclic) bond motifs is 1. The molecule has 3 aromatic rings. The Morgan fingerprint density at radius 2 is 1.84 bits per heavy atom. The van der Waals surface area contributed by atoms with Gasteiger partial charge in [0.05, 0.1) is 0 Å². The summed E-state index contributed by atoms with van der Waals surface area (Å²) in [6.07, 6.45) is 3.32. The average molecular weight is 356 g/mol. The van der Waals surface area contributed by atoms with Gasteiger partial charge < -0.3 is 15.6 Å². The van der Waals surface area contributed by atoms with E-state index in [9.17, 15) is 4.79 Å². The van der Waals surface area contributed by atoms with E-state index >= 15 is 0 Å². The number of carbonyl (C=O) groups is 1. The summed E-state index contributed by atoms with van der Waals surface area (Å²) in [5.41, 5.74) is 3.52. The third-order valence-corrected chi connectivity index (χ3v) is 4.41. The zero-order chi connectivity index (χ0) is 17.5. The number of hydrogen-bond acceptors (Lipinski definition) is 2. The Bertz CT molecular complexity index is 826. The van der Waals surface area contributed by atoms with Crippen molar-refractivity contribution in [2.24, 2.45) is 0 Å². The number of benzene rings is 2. The number of H-pyrrole nitrogens is 1. The average Bonchev–Trinajstić information content (AvgIpc) is 3.04. The summed E-state index contributed by atoms with van der Waals surface area (Å²) in [5, 5.41) is 8.21. The van der Waals surface area contributed by atoms with E-state index in [1.165, 1.54) is 10.9 Å². The van der Waals surface area contributed by atoms with Gasteiger partial charge in [-0.3, -0.25) is 4.79 Å². The number of nitrogens with one attached hydrogen (secondary N) is 3. The van der Waals surface area contributed by atoms with Crippen molar-refractivity contribution in [3.05, 3.63) is 70.9 Å². The van der Waals surface area contributed by atoms with E-state index in [4.69, 9.17) is 11.6 Å². The molecule has 3 rings (SSSR count). The zero-order valence-corrected chi connectivity index (χ0v) is 14.8. The molecule has 0 radical (unpaired) electrons. The van der Waals surface area contributed by atoms with E-state index in [-0.39, 0.29) is 5.91 Å². The van der Waals surface area contributed by atoms with Crippen molar-refractivity contribution in [2.75, 3.05) is 13.1 Å². The molecular weight excluding hydrogens is 334 g/mol. The van der Waals surface area contributed by atoms with Gasteiger partial charge in [-0.1, -0.05) is 41.9 Å². The van der Waals surface area contributed by atoms with E-state index in [2.05, 4.69) is 27.8 Å². The van der Waals surface area contributed by atoms with Crippen LogP contribution in [0.3, 0.4) is 0 Å². The van der Waals surface area contributed by atoms with Crippen LogP contribution in [-0.4, -0.2) is 24.0 Å². The molecule has 25 heavy (non-hydrogen) atoms. The first-order valence-corrected chi connectivity index (χ1v) is 8.87. The molecule has 0 aliphatic carbocycles. The lowest BCUT2D eigenvalue weighted by Gasteiger charge is -2.07. The molecule has 1 heterocycles. The predicted molar refractivity (Wildman–Crippen MR) is 103 cm³/mol. The zero-order valence-electron chi connectivity index (χ0n) is 14.0. The largest absolute Gasteiger partial charge is 0.361 e. The van der Waals surface area contributed by atoms with E-state index < -0.39 is 0 Å². The number of amides is 1. The smallest absolute Gasteiger partial charge is 0.221 e. The third kappa shape index (κ3) is 5.08. The standard InChI is InChI=1S/C20H22ClN3O/c21-17-7-5-15(6-8-17)13-22-11-10-20(25)23-12-9-16-14-24-19-4-2-1-3-18(16)19/h1-8,14,22,24H,9-13H2,(H,23,25). The van der Waals surface area contributed by atoms with Gasteiger partial charge in [0.2, 0.25) is 5.91 Å². The second kappa shape index (κ2) is 8.70. The number of halogens is 1. The summed E-state index contributed by atoms with van der Waals surface area (Å²) < 4.78 is 0. The monoisotopic (exact) mass is 355 g/mol. The van der Waals surface area contributed by atoms with Gasteiger partial charge in [-0.2, -0.15) is 0 Å². The molecule has 2 aromatic carbocycles. The maximum absolute atomic E-state index is 11.9. The van der Waals surface area contributed by atoms with Gasteiger partial charge in [-0.15, -0.1) is 0 Å². The van der Waals surface area contributed by atoms with Crippen LogP contribution in [0.25, 0.3) is 10.9 Å². The molecule has 0 atom stereocenters. The van der Waals surface area contributed by atoms with Gasteiger partial charge in [-0.25, -0.2) is 0 Å². The van der Waals surface area contributed by atoms with Crippen LogP contribution >= 0.6 is 11.6 Å². The Labute approximate surface area is 152 Å². The van der Waals surface area contributed by atoms with Crippen molar-refractivity contribution in [3.8, 4) is 0 Å². The minimum absolute atomic E-state index is 0.0726. The molecule has 0 saturated carbocycles. The number of aromatic nitrogens is 1. The molecule has 0 bridgehead atoms. The lowest BCUT2D eigenvalue weighted by molar-refractivity contribution is -0.120. The number of rotatable bonds is 8. The molecule has 0 aliphatic heterocycles. The van der Waals surface area contributed by atoms with E-state index in [0.29, 0.717) is 19.5 Å². The summed E-state index contributed by atoms with van der Waals surface area (Å²) >= 11 is 5.86. The first-order valence-electron chi connectivity index (χ1n) is 8.49. The molecule has 3 N–H and O–H groups in total. The SMILES string of the molecule is O=C(CCNCc1ccc(Cl)cc1)NCCc1c[nH]c2ccccc12. The summed E-state index contributed by atoms with van der Waals surface area (Å²) in [5.74, 6) is 0.0726. The van der Waals surface area contributed by atoms with Crippen LogP contribution < -0.4 is 10.6 Å². The van der Waals surface area contributed by atoms with Crippen LogP contribution in [0.15, 0.2) is 54.7 Å². The minimum atomic E-state index is 0.0726. The molecule has 1 aromatic heterocycles. The number of para-hydroxylation sites is 1. The summed E-state index contributed by atoms with van der Waals surface area (Å²) in [6, 6.07) is 15.9. The van der Waals surface area contributed by atoms with Crippen molar-refractivity contribution in [2.45, 2.75) is 19.4 Å². The summed E-state index contributed by atoms with van der Waals surface area (Å²) in [7, 11) is 0. The van der Waals surface area contributed by atoms with Gasteiger partial charge in [0.1, 0.15) is 0 Å². The van der Waals surface area contributed by atoms with Crippen molar-refractivity contribution in [1.82, 2.24) is 15.6 Å². The molecule has 0 spiro atoms. The highest BCUT2D eigenvalue weighted by atomic mass is 35.5. The molecule has 0 aliphatic rings. The Balaban J connectivity index is 1.33. The molecule has 5 heteroatoms. The lowest BCUT2D eigenvalue weighted by atomic mass is 10.1. The van der Waals surface area contributed by atoms with Crippen LogP contribution in [0.2, 0.25) is 5.02 Å². The van der Waals surface area contributed by atoms with Crippen LogP contribution in [0, 0.1) is 0 Å². The Morgan fingerprint density at radius 3 is 2.68 bits per heavy atom. The Kier molecular flexibility index (Phi) is 6.09. The first kappa shape index (κ1) is 17.5. The Hall–Kier alpha value is -2.30. The van der Waals surface area contributed by atoms with Crippen LogP contribution in [-0.2, 0) is 17.8 Å². The second-order valence-corrected chi connectivity index (χ2v) is 6.45. The molecule has 130 valence electrons. The van der Waals surface area contributed by atoms with Crippen LogP contribution in [0.1, 0.15) is 17.5 Å². The molecule has 4 nitrogen and oxygen atoms in total. The van der Waals surface area contributed by atoms with Gasteiger partial charge >= 0.3 is 0 Å². The van der Waals surface area contributed by atoms with E-state index in [0.717, 1.165) is 29.1 Å². The number of hydrogen-bond donors (Lipinski definition) is 3. The third-order valence-electron chi connectivity index (χ3n) is 4.16. The highest BCUT2D eigenvalue weighted by molar-refractivity contribution is 6.30. The topological polar surface area (TPSA) is 56.9 Å². The van der Waals surface area contributed by atoms with Gasteiger partial charge in [0.25, 0.3) is 0 Å². The number of carbonyl (C=O) groups excluding carboxylic acids is 1. The van der Waals surface area contributed by atoms with Gasteiger partial charge in [-0.05, 0) is 35.7 Å². The Morgan fingerprint density at radius 1 is 1.04 bits per heavy atom. The quantitative estimate of drug-likeness (QED) is 0.540. The van der Waals surface area contributed by atoms with E-state index in [1.807, 2.05) is 42.6 Å². The van der Waals surface area contributed by atoms with Crippen molar-refractivity contribution >= 4 is 28.4 Å². The fourth-order valence-corrected chi connectivity index (χ4v) is 2.93. The highest BCUT2D eigenvalue weighted by Gasteiger charge is 2.04. The van der Waals surface area contributed by atoms with Crippen molar-refractivity contribution in [3.63, 3.8) is 0 Å². The van der Waals surface area contributed by atoms with Crippen molar-refractivity contribution in [1.29, 1.82) is 0 Å². The fourth-order valence-electron chi connectivity index (χ4n) is 2.80. The predicted octanol–water partition coefficient (Wildman–Crippen LogP) is 3.66. The molecular formula is C20H22ClN3O. The molecule has 0 unspecified atom stereocenters. The maximum Gasteiger partial charge on any atom is 0.221 e. The molecule has 1 amide bonds. The van der Waals surface area contributed by atoms with Gasteiger partial charge in [0, 0.05) is 48.2 Å². The van der Waals surface area contributed by atoms with Crippen LogP contribution in [0.4, 0.5) is 0 Å². The normalized spacial score (nSPS) is 10.9. The fraction of sp³-hybridized carbons (Fsp3) is 0.250. The minimum Gasteiger partial charge on any atom is -0.361 e.